The molecule has 0 saturated heterocycles. The van der Waals surface area contributed by atoms with Crippen molar-refractivity contribution in [3.63, 3.8) is 0 Å². The van der Waals surface area contributed by atoms with Gasteiger partial charge in [0.15, 0.2) is 0 Å². The lowest BCUT2D eigenvalue weighted by molar-refractivity contribution is 1.14. The van der Waals surface area contributed by atoms with Crippen molar-refractivity contribution in [1.29, 1.82) is 0 Å². The number of hydrogen-bond donors (Lipinski definition) is 1. The zero-order valence-corrected chi connectivity index (χ0v) is 14.8. The highest BCUT2D eigenvalue weighted by Gasteiger charge is 2.08. The van der Waals surface area contributed by atoms with E-state index in [0.717, 1.165) is 20.2 Å². The molecule has 2 aromatic carbocycles. The van der Waals surface area contributed by atoms with Crippen LogP contribution in [0.4, 0.5) is 5.69 Å². The van der Waals surface area contributed by atoms with Crippen LogP contribution >= 0.6 is 55.1 Å². The van der Waals surface area contributed by atoms with Gasteiger partial charge in [-0.25, -0.2) is 0 Å². The molecule has 0 amide bonds. The molecule has 1 nitrogen and oxygen atoms in total. The number of hydrogen-bond acceptors (Lipinski definition) is 1. The van der Waals surface area contributed by atoms with Crippen molar-refractivity contribution in [2.75, 3.05) is 5.32 Å². The van der Waals surface area contributed by atoms with Crippen molar-refractivity contribution < 1.29 is 0 Å². The molecule has 0 aromatic heterocycles. The minimum absolute atomic E-state index is 0.572. The van der Waals surface area contributed by atoms with Crippen molar-refractivity contribution in [2.24, 2.45) is 0 Å². The van der Waals surface area contributed by atoms with Gasteiger partial charge in [0.05, 0.1) is 15.7 Å². The molecule has 19 heavy (non-hydrogen) atoms. The van der Waals surface area contributed by atoms with Gasteiger partial charge in [-0.05, 0) is 68.1 Å². The van der Waals surface area contributed by atoms with Crippen LogP contribution in [0.15, 0.2) is 39.3 Å². The highest BCUT2D eigenvalue weighted by molar-refractivity contribution is 9.11. The van der Waals surface area contributed by atoms with Crippen molar-refractivity contribution >= 4 is 60.7 Å². The summed E-state index contributed by atoms with van der Waals surface area (Å²) >= 11 is 19.3. The number of anilines is 1. The fourth-order valence-corrected chi connectivity index (χ4v) is 3.82. The van der Waals surface area contributed by atoms with Gasteiger partial charge in [0.25, 0.3) is 0 Å². The Hall–Kier alpha value is -0.220. The maximum absolute atomic E-state index is 6.17. The molecule has 0 fully saturated rings. The van der Waals surface area contributed by atoms with Crippen LogP contribution in [0.5, 0.6) is 0 Å². The molecule has 1 N–H and O–H groups in total. The van der Waals surface area contributed by atoms with E-state index in [-0.39, 0.29) is 0 Å². The molecule has 2 aromatic rings. The van der Waals surface area contributed by atoms with Gasteiger partial charge in [0.2, 0.25) is 0 Å². The molecule has 0 radical (unpaired) electrons. The van der Waals surface area contributed by atoms with Crippen molar-refractivity contribution in [2.45, 2.75) is 13.5 Å². The second-order valence-electron chi connectivity index (χ2n) is 4.17. The van der Waals surface area contributed by atoms with Gasteiger partial charge in [0, 0.05) is 15.5 Å². The van der Waals surface area contributed by atoms with E-state index in [2.05, 4.69) is 49.3 Å². The topological polar surface area (TPSA) is 12.0 Å². The van der Waals surface area contributed by atoms with Crippen molar-refractivity contribution in [3.05, 3.63) is 60.4 Å². The summed E-state index contributed by atoms with van der Waals surface area (Å²) in [4.78, 5) is 0. The number of rotatable bonds is 3. The summed E-state index contributed by atoms with van der Waals surface area (Å²) in [5, 5.41) is 4.52. The predicted octanol–water partition coefficient (Wildman–Crippen LogP) is 6.44. The van der Waals surface area contributed by atoms with Crippen molar-refractivity contribution in [3.8, 4) is 0 Å². The zero-order chi connectivity index (χ0) is 14.0. The Morgan fingerprint density at radius 3 is 2.37 bits per heavy atom. The normalized spacial score (nSPS) is 10.6. The van der Waals surface area contributed by atoms with Gasteiger partial charge in [0.1, 0.15) is 0 Å². The third kappa shape index (κ3) is 3.66. The number of nitrogens with one attached hydrogen (secondary N) is 1. The minimum Gasteiger partial charge on any atom is -0.379 e. The summed E-state index contributed by atoms with van der Waals surface area (Å²) in [6.45, 7) is 2.66. The SMILES string of the molecule is Cc1cc(Br)c(NCc2cccc(Cl)c2Cl)c(Br)c1. The first-order chi connectivity index (χ1) is 8.99. The van der Waals surface area contributed by atoms with Crippen LogP contribution in [0.1, 0.15) is 11.1 Å². The van der Waals surface area contributed by atoms with E-state index in [9.17, 15) is 0 Å². The van der Waals surface area contributed by atoms with Crippen LogP contribution in [-0.4, -0.2) is 0 Å². The Bertz CT molecular complexity index is 591. The molecule has 0 saturated carbocycles. The predicted molar refractivity (Wildman–Crippen MR) is 90.4 cm³/mol. The monoisotopic (exact) mass is 421 g/mol. The Kier molecular flexibility index (Phi) is 5.18. The van der Waals surface area contributed by atoms with E-state index < -0.39 is 0 Å². The fourth-order valence-electron chi connectivity index (χ4n) is 1.74. The second-order valence-corrected chi connectivity index (χ2v) is 6.66. The number of aryl methyl sites for hydroxylation is 1. The summed E-state index contributed by atoms with van der Waals surface area (Å²) in [6.07, 6.45) is 0. The first-order valence-electron chi connectivity index (χ1n) is 5.61. The average molecular weight is 424 g/mol. The summed E-state index contributed by atoms with van der Waals surface area (Å²) in [5.74, 6) is 0. The maximum Gasteiger partial charge on any atom is 0.0642 e. The summed E-state index contributed by atoms with van der Waals surface area (Å²) in [5.41, 5.74) is 3.15. The molecule has 0 heterocycles. The fraction of sp³-hybridized carbons (Fsp3) is 0.143. The maximum atomic E-state index is 6.17. The highest BCUT2D eigenvalue weighted by Crippen LogP contribution is 2.33. The highest BCUT2D eigenvalue weighted by atomic mass is 79.9. The van der Waals surface area contributed by atoms with Gasteiger partial charge in [-0.15, -0.1) is 0 Å². The molecule has 0 aliphatic carbocycles. The van der Waals surface area contributed by atoms with Crippen LogP contribution in [0.25, 0.3) is 0 Å². The van der Waals surface area contributed by atoms with Crippen LogP contribution in [0.2, 0.25) is 10.0 Å². The largest absolute Gasteiger partial charge is 0.379 e. The van der Waals surface area contributed by atoms with E-state index in [4.69, 9.17) is 23.2 Å². The van der Waals surface area contributed by atoms with E-state index >= 15 is 0 Å². The van der Waals surface area contributed by atoms with Gasteiger partial charge in [-0.2, -0.15) is 0 Å². The molecule has 0 unspecified atom stereocenters. The van der Waals surface area contributed by atoms with Crippen molar-refractivity contribution in [1.82, 2.24) is 0 Å². The van der Waals surface area contributed by atoms with E-state index in [1.54, 1.807) is 6.07 Å². The summed E-state index contributed by atoms with van der Waals surface area (Å²) in [6, 6.07) is 9.76. The summed E-state index contributed by atoms with van der Waals surface area (Å²) in [7, 11) is 0. The molecule has 0 atom stereocenters. The van der Waals surface area contributed by atoms with E-state index in [1.165, 1.54) is 5.56 Å². The molecule has 0 spiro atoms. The lowest BCUT2D eigenvalue weighted by Gasteiger charge is -2.13. The van der Waals surface area contributed by atoms with Gasteiger partial charge < -0.3 is 5.32 Å². The molecule has 0 bridgehead atoms. The first kappa shape index (κ1) is 15.2. The van der Waals surface area contributed by atoms with Gasteiger partial charge >= 0.3 is 0 Å². The summed E-state index contributed by atoms with van der Waals surface area (Å²) < 4.78 is 2.02. The standard InChI is InChI=1S/C14H11Br2Cl2N/c1-8-5-10(15)14(11(16)6-8)19-7-9-3-2-4-12(17)13(9)18/h2-6,19H,7H2,1H3. The van der Waals surface area contributed by atoms with Gasteiger partial charge in [-0.3, -0.25) is 0 Å². The lowest BCUT2D eigenvalue weighted by atomic mass is 10.2. The first-order valence-corrected chi connectivity index (χ1v) is 7.95. The molecular weight excluding hydrogens is 413 g/mol. The molecule has 0 aliphatic rings. The molecule has 5 heteroatoms. The molecular formula is C14H11Br2Cl2N. The Balaban J connectivity index is 2.22. The lowest BCUT2D eigenvalue weighted by Crippen LogP contribution is -2.02. The minimum atomic E-state index is 0.572. The quantitative estimate of drug-likeness (QED) is 0.599. The van der Waals surface area contributed by atoms with Crippen LogP contribution in [0.3, 0.4) is 0 Å². The molecule has 2 rings (SSSR count). The Labute approximate surface area is 139 Å². The Morgan fingerprint density at radius 2 is 1.74 bits per heavy atom. The Morgan fingerprint density at radius 1 is 1.11 bits per heavy atom. The van der Waals surface area contributed by atoms with Crippen LogP contribution in [-0.2, 0) is 6.54 Å². The molecule has 0 aliphatic heterocycles. The third-order valence-corrected chi connectivity index (χ3v) is 4.78. The van der Waals surface area contributed by atoms with Gasteiger partial charge in [-0.1, -0.05) is 35.3 Å². The van der Waals surface area contributed by atoms with Crippen LogP contribution < -0.4 is 5.32 Å². The number of benzene rings is 2. The second kappa shape index (κ2) is 6.49. The van der Waals surface area contributed by atoms with Crippen LogP contribution in [0, 0.1) is 6.92 Å². The zero-order valence-electron chi connectivity index (χ0n) is 10.1. The van der Waals surface area contributed by atoms with E-state index in [1.807, 2.05) is 19.1 Å². The molecule has 100 valence electrons. The average Bonchev–Trinajstić information content (AvgIpc) is 2.33. The smallest absolute Gasteiger partial charge is 0.0642 e. The van der Waals surface area contributed by atoms with E-state index in [0.29, 0.717) is 16.6 Å². The third-order valence-electron chi connectivity index (χ3n) is 2.67. The number of halogens is 4.